The minimum atomic E-state index is -5.08. The zero-order valence-electron chi connectivity index (χ0n) is 23.1. The Kier molecular flexibility index (Phi) is 9.00. The van der Waals surface area contributed by atoms with Gasteiger partial charge in [0.05, 0.1) is 18.9 Å². The molecule has 8 nitrogen and oxygen atoms in total. The fraction of sp³-hybridized carbons (Fsp3) is 0.290. The molecule has 2 N–H and O–H groups in total. The van der Waals surface area contributed by atoms with E-state index in [1.54, 1.807) is 19.1 Å². The molecule has 0 saturated carbocycles. The molecule has 3 unspecified atom stereocenters. The van der Waals surface area contributed by atoms with E-state index in [9.17, 15) is 31.9 Å². The summed E-state index contributed by atoms with van der Waals surface area (Å²) in [5, 5.41) is 10.5. The lowest BCUT2D eigenvalue weighted by atomic mass is 9.76. The van der Waals surface area contributed by atoms with Crippen LogP contribution in [0.5, 0.6) is 0 Å². The van der Waals surface area contributed by atoms with Crippen molar-refractivity contribution in [1.82, 2.24) is 10.2 Å². The molecule has 226 valence electrons. The highest BCUT2D eigenvalue weighted by atomic mass is 19.4. The topological polar surface area (TPSA) is 113 Å². The first-order chi connectivity index (χ1) is 20.3. The van der Waals surface area contributed by atoms with Crippen LogP contribution >= 0.6 is 0 Å². The maximum atomic E-state index is 13.5. The molecule has 5 rings (SSSR count). The third-order valence-electron chi connectivity index (χ3n) is 7.63. The Morgan fingerprint density at radius 2 is 1.47 bits per heavy atom. The molecule has 43 heavy (non-hydrogen) atoms. The maximum Gasteiger partial charge on any atom is 0.490 e. The van der Waals surface area contributed by atoms with Gasteiger partial charge in [-0.3, -0.25) is 24.6 Å². The summed E-state index contributed by atoms with van der Waals surface area (Å²) in [6.45, 7) is 2.00. The molecule has 3 aromatic rings. The van der Waals surface area contributed by atoms with Crippen molar-refractivity contribution in [3.8, 4) is 11.1 Å². The monoisotopic (exact) mass is 600 g/mol. The average molecular weight is 601 g/mol. The predicted molar refractivity (Wildman–Crippen MR) is 146 cm³/mol. The number of likely N-dealkylation sites (tertiary alicyclic amines) is 1. The number of hydrogen-bond acceptors (Lipinski definition) is 6. The average Bonchev–Trinajstić information content (AvgIpc) is 3.46. The molecule has 2 amide bonds. The van der Waals surface area contributed by atoms with Gasteiger partial charge in [0.25, 0.3) is 0 Å². The number of carboxylic acid groups (broad SMARTS) is 1. The molecule has 12 heteroatoms. The maximum absolute atomic E-state index is 13.5. The Hall–Kier alpha value is -4.58. The van der Waals surface area contributed by atoms with E-state index < -0.39 is 41.5 Å². The molecule has 3 aromatic carbocycles. The number of hydrogen-bond donors (Lipinski definition) is 2. The number of fused-ring (bicyclic) bond motifs is 1. The molecule has 0 radical (unpaired) electrons. The Bertz CT molecular complexity index is 1500. The van der Waals surface area contributed by atoms with Gasteiger partial charge in [-0.25, -0.2) is 9.18 Å². The lowest BCUT2D eigenvalue weighted by Gasteiger charge is -2.32. The van der Waals surface area contributed by atoms with Crippen molar-refractivity contribution in [3.63, 3.8) is 0 Å². The molecular formula is C31H28F4N2O6. The summed E-state index contributed by atoms with van der Waals surface area (Å²) in [5.74, 6) is -5.90. The lowest BCUT2D eigenvalue weighted by Crippen LogP contribution is -2.57. The number of rotatable bonds is 6. The normalized spacial score (nSPS) is 22.9. The lowest BCUT2D eigenvalue weighted by molar-refractivity contribution is -0.192. The van der Waals surface area contributed by atoms with Gasteiger partial charge in [-0.05, 0) is 41.3 Å². The smallest absolute Gasteiger partial charge is 0.475 e. The predicted octanol–water partition coefficient (Wildman–Crippen LogP) is 4.55. The van der Waals surface area contributed by atoms with Crippen LogP contribution in [0.1, 0.15) is 24.1 Å². The van der Waals surface area contributed by atoms with Crippen LogP contribution in [-0.4, -0.2) is 59.1 Å². The summed E-state index contributed by atoms with van der Waals surface area (Å²) in [7, 11) is 1.30. The molecule has 2 aliphatic heterocycles. The summed E-state index contributed by atoms with van der Waals surface area (Å²) in [4.78, 5) is 50.5. The Morgan fingerprint density at radius 3 is 1.95 bits per heavy atom. The quantitative estimate of drug-likeness (QED) is 0.243. The SMILES string of the molecule is CCN1C(=O)C2C(c3ccc(-c4ccc(F)cc4)cc3)N[C@@](Cc3ccccc3)(C(=O)OC)C2C1=O.O=C(O)C(F)(F)F. The third kappa shape index (κ3) is 6.14. The van der Waals surface area contributed by atoms with Crippen LogP contribution < -0.4 is 5.32 Å². The largest absolute Gasteiger partial charge is 0.490 e. The Morgan fingerprint density at radius 1 is 0.930 bits per heavy atom. The first kappa shape index (κ1) is 31.4. The van der Waals surface area contributed by atoms with E-state index in [0.717, 1.165) is 22.3 Å². The van der Waals surface area contributed by atoms with Crippen molar-refractivity contribution in [2.45, 2.75) is 31.1 Å². The van der Waals surface area contributed by atoms with Gasteiger partial charge in [0.2, 0.25) is 11.8 Å². The van der Waals surface area contributed by atoms with Crippen molar-refractivity contribution in [3.05, 3.63) is 95.8 Å². The highest BCUT2D eigenvalue weighted by Crippen LogP contribution is 2.50. The number of ether oxygens (including phenoxy) is 1. The first-order valence-corrected chi connectivity index (χ1v) is 13.2. The number of aliphatic carboxylic acids is 1. The van der Waals surface area contributed by atoms with Crippen molar-refractivity contribution in [1.29, 1.82) is 0 Å². The molecule has 0 aliphatic carbocycles. The van der Waals surface area contributed by atoms with Crippen LogP contribution in [0.15, 0.2) is 78.9 Å². The van der Waals surface area contributed by atoms with Crippen molar-refractivity contribution in [2.75, 3.05) is 13.7 Å². The van der Waals surface area contributed by atoms with Crippen LogP contribution in [-0.2, 0) is 30.3 Å². The number of nitrogens with zero attached hydrogens (tertiary/aromatic N) is 1. The number of amides is 2. The number of halogens is 4. The molecule has 4 atom stereocenters. The number of carboxylic acids is 1. The molecule has 0 aromatic heterocycles. The van der Waals surface area contributed by atoms with E-state index in [4.69, 9.17) is 14.6 Å². The van der Waals surface area contributed by atoms with E-state index >= 15 is 0 Å². The molecule has 0 spiro atoms. The van der Waals surface area contributed by atoms with Crippen LogP contribution in [0.25, 0.3) is 11.1 Å². The minimum Gasteiger partial charge on any atom is -0.475 e. The first-order valence-electron chi connectivity index (χ1n) is 13.2. The fourth-order valence-electron chi connectivity index (χ4n) is 5.71. The number of methoxy groups -OCH3 is 1. The second-order valence-electron chi connectivity index (χ2n) is 10.1. The summed E-state index contributed by atoms with van der Waals surface area (Å²) >= 11 is 0. The number of alkyl halides is 3. The number of nitrogens with one attached hydrogen (secondary N) is 1. The number of carbonyl (C=O) groups excluding carboxylic acids is 3. The zero-order chi connectivity index (χ0) is 31.5. The minimum absolute atomic E-state index is 0.211. The molecule has 0 bridgehead atoms. The zero-order valence-corrected chi connectivity index (χ0v) is 23.1. The van der Waals surface area contributed by atoms with Gasteiger partial charge in [-0.15, -0.1) is 0 Å². The van der Waals surface area contributed by atoms with E-state index in [1.165, 1.54) is 24.1 Å². The highest BCUT2D eigenvalue weighted by Gasteiger charge is 2.68. The van der Waals surface area contributed by atoms with Crippen molar-refractivity contribution in [2.24, 2.45) is 11.8 Å². The Labute approximate surface area is 244 Å². The standard InChI is InChI=1S/C29H27FN2O4.C2HF3O2/c1-3-32-26(33)23-24(27(32)34)29(28(35)36-2,17-18-7-5-4-6-8-18)31-25(23)21-11-9-19(10-12-21)20-13-15-22(30)16-14-20;3-2(4,5)1(6)7/h4-16,23-25,31H,3,17H2,1-2H3;(H,6,7)/t23?,24?,25?,29-;/m1./s1. The summed E-state index contributed by atoms with van der Waals surface area (Å²) in [5.41, 5.74) is 2.00. The summed E-state index contributed by atoms with van der Waals surface area (Å²) < 4.78 is 50.3. The fourth-order valence-corrected chi connectivity index (χ4v) is 5.71. The second kappa shape index (κ2) is 12.3. The van der Waals surface area contributed by atoms with Gasteiger partial charge in [-0.1, -0.05) is 66.7 Å². The van der Waals surface area contributed by atoms with Gasteiger partial charge < -0.3 is 9.84 Å². The summed E-state index contributed by atoms with van der Waals surface area (Å²) in [6, 6.07) is 22.6. The van der Waals surface area contributed by atoms with Crippen molar-refractivity contribution >= 4 is 23.8 Å². The van der Waals surface area contributed by atoms with Crippen LogP contribution in [0.4, 0.5) is 17.6 Å². The molecule has 2 saturated heterocycles. The van der Waals surface area contributed by atoms with E-state index in [-0.39, 0.29) is 30.6 Å². The van der Waals surface area contributed by atoms with Crippen molar-refractivity contribution < 1.29 is 46.6 Å². The highest BCUT2D eigenvalue weighted by molar-refractivity contribution is 6.09. The second-order valence-corrected chi connectivity index (χ2v) is 10.1. The summed E-state index contributed by atoms with van der Waals surface area (Å²) in [6.07, 6.45) is -4.87. The number of carbonyl (C=O) groups is 4. The van der Waals surface area contributed by atoms with Gasteiger partial charge in [0, 0.05) is 19.0 Å². The van der Waals surface area contributed by atoms with Gasteiger partial charge in [0.1, 0.15) is 11.4 Å². The van der Waals surface area contributed by atoms with E-state index in [1.807, 2.05) is 54.6 Å². The van der Waals surface area contributed by atoms with E-state index in [0.29, 0.717) is 0 Å². The van der Waals surface area contributed by atoms with Gasteiger partial charge in [-0.2, -0.15) is 13.2 Å². The molecule has 2 fully saturated rings. The van der Waals surface area contributed by atoms with Crippen LogP contribution in [0.3, 0.4) is 0 Å². The number of benzene rings is 3. The number of esters is 1. The molecular weight excluding hydrogens is 572 g/mol. The molecule has 2 heterocycles. The number of imide groups is 1. The third-order valence-corrected chi connectivity index (χ3v) is 7.63. The van der Waals surface area contributed by atoms with Crippen LogP contribution in [0, 0.1) is 17.7 Å². The van der Waals surface area contributed by atoms with Gasteiger partial charge in [0.15, 0.2) is 0 Å². The van der Waals surface area contributed by atoms with E-state index in [2.05, 4.69) is 5.32 Å². The Balaban J connectivity index is 0.000000541. The van der Waals surface area contributed by atoms with Crippen LogP contribution in [0.2, 0.25) is 0 Å². The van der Waals surface area contributed by atoms with Gasteiger partial charge >= 0.3 is 18.1 Å². The molecule has 2 aliphatic rings.